The first-order valence-electron chi connectivity index (χ1n) is 7.53. The molecule has 1 aliphatic heterocycles. The molecule has 0 bridgehead atoms. The molecule has 0 aromatic heterocycles. The lowest BCUT2D eigenvalue weighted by Crippen LogP contribution is -2.23. The summed E-state index contributed by atoms with van der Waals surface area (Å²) in [6.45, 7) is 1.16. The predicted molar refractivity (Wildman–Crippen MR) is 90.4 cm³/mol. The van der Waals surface area contributed by atoms with E-state index in [0.29, 0.717) is 18.1 Å². The van der Waals surface area contributed by atoms with Gasteiger partial charge in [-0.15, -0.1) is 0 Å². The lowest BCUT2D eigenvalue weighted by molar-refractivity contribution is -0.117. The molecular formula is C18H18ClNO3. The number of carbonyl (C=O) groups excluding carboxylic acids is 1. The van der Waals surface area contributed by atoms with Crippen LogP contribution in [0.25, 0.3) is 0 Å². The minimum absolute atomic E-state index is 0.183. The summed E-state index contributed by atoms with van der Waals surface area (Å²) < 4.78 is 11.1. The molecule has 3 rings (SSSR count). The van der Waals surface area contributed by atoms with E-state index in [1.54, 1.807) is 13.2 Å². The Morgan fingerprint density at radius 3 is 2.61 bits per heavy atom. The van der Waals surface area contributed by atoms with Gasteiger partial charge in [-0.3, -0.25) is 4.79 Å². The first-order chi connectivity index (χ1) is 11.2. The van der Waals surface area contributed by atoms with Gasteiger partial charge in [0.2, 0.25) is 5.91 Å². The van der Waals surface area contributed by atoms with Crippen molar-refractivity contribution in [1.82, 2.24) is 0 Å². The molecule has 23 heavy (non-hydrogen) atoms. The summed E-state index contributed by atoms with van der Waals surface area (Å²) in [6, 6.07) is 13.0. The zero-order chi connectivity index (χ0) is 16.2. The number of amides is 1. The van der Waals surface area contributed by atoms with E-state index in [4.69, 9.17) is 21.1 Å². The molecule has 1 saturated heterocycles. The van der Waals surface area contributed by atoms with Crippen molar-refractivity contribution in [3.05, 3.63) is 53.1 Å². The third kappa shape index (κ3) is 3.59. The van der Waals surface area contributed by atoms with Crippen LogP contribution in [-0.2, 0) is 11.4 Å². The lowest BCUT2D eigenvalue weighted by Gasteiger charge is -2.16. The van der Waals surface area contributed by atoms with Crippen LogP contribution in [-0.4, -0.2) is 19.6 Å². The molecule has 0 spiro atoms. The zero-order valence-electron chi connectivity index (χ0n) is 12.9. The average Bonchev–Trinajstić information content (AvgIpc) is 2.99. The SMILES string of the molecule is COc1ccc(Cl)cc1COc1ccc(N2CCCC2=O)cc1. The second kappa shape index (κ2) is 6.92. The van der Waals surface area contributed by atoms with Crippen molar-refractivity contribution in [2.24, 2.45) is 0 Å². The van der Waals surface area contributed by atoms with Crippen LogP contribution in [0.4, 0.5) is 5.69 Å². The number of carbonyl (C=O) groups is 1. The van der Waals surface area contributed by atoms with Gasteiger partial charge < -0.3 is 14.4 Å². The Hall–Kier alpha value is -2.20. The van der Waals surface area contributed by atoms with Gasteiger partial charge in [0, 0.05) is 29.2 Å². The third-order valence-electron chi connectivity index (χ3n) is 3.86. The normalized spacial score (nSPS) is 14.2. The Kier molecular flexibility index (Phi) is 4.72. The fourth-order valence-electron chi connectivity index (χ4n) is 2.66. The van der Waals surface area contributed by atoms with Crippen molar-refractivity contribution in [3.63, 3.8) is 0 Å². The van der Waals surface area contributed by atoms with E-state index in [2.05, 4.69) is 0 Å². The number of halogens is 1. The Balaban J connectivity index is 1.67. The van der Waals surface area contributed by atoms with E-state index in [9.17, 15) is 4.79 Å². The van der Waals surface area contributed by atoms with Gasteiger partial charge in [-0.25, -0.2) is 0 Å². The maximum atomic E-state index is 11.7. The van der Waals surface area contributed by atoms with Gasteiger partial charge in [-0.2, -0.15) is 0 Å². The Morgan fingerprint density at radius 2 is 1.96 bits per heavy atom. The highest BCUT2D eigenvalue weighted by atomic mass is 35.5. The van der Waals surface area contributed by atoms with E-state index in [-0.39, 0.29) is 5.91 Å². The number of methoxy groups -OCH3 is 1. The summed E-state index contributed by atoms with van der Waals surface area (Å²) in [6.07, 6.45) is 1.55. The monoisotopic (exact) mass is 331 g/mol. The van der Waals surface area contributed by atoms with Gasteiger partial charge in [-0.1, -0.05) is 11.6 Å². The molecular weight excluding hydrogens is 314 g/mol. The highest BCUT2D eigenvalue weighted by Gasteiger charge is 2.21. The standard InChI is InChI=1S/C18H18ClNO3/c1-22-17-9-4-14(19)11-13(17)12-23-16-7-5-15(6-8-16)20-10-2-3-18(20)21/h4-9,11H,2-3,10,12H2,1H3. The zero-order valence-corrected chi connectivity index (χ0v) is 13.7. The molecule has 2 aromatic rings. The van der Waals surface area contributed by atoms with Crippen molar-refractivity contribution in [2.45, 2.75) is 19.4 Å². The van der Waals surface area contributed by atoms with Gasteiger partial charge >= 0.3 is 0 Å². The number of ether oxygens (including phenoxy) is 2. The van der Waals surface area contributed by atoms with E-state index in [1.165, 1.54) is 0 Å². The molecule has 4 nitrogen and oxygen atoms in total. The smallest absolute Gasteiger partial charge is 0.227 e. The van der Waals surface area contributed by atoms with Gasteiger partial charge in [0.25, 0.3) is 0 Å². The van der Waals surface area contributed by atoms with Crippen molar-refractivity contribution in [2.75, 3.05) is 18.6 Å². The first-order valence-corrected chi connectivity index (χ1v) is 7.91. The molecule has 2 aromatic carbocycles. The topological polar surface area (TPSA) is 38.8 Å². The first kappa shape index (κ1) is 15.7. The fourth-order valence-corrected chi connectivity index (χ4v) is 2.86. The van der Waals surface area contributed by atoms with Crippen molar-refractivity contribution in [1.29, 1.82) is 0 Å². The predicted octanol–water partition coefficient (Wildman–Crippen LogP) is 4.05. The molecule has 1 heterocycles. The summed E-state index contributed by atoms with van der Waals surface area (Å²) in [5.41, 5.74) is 1.80. The summed E-state index contributed by atoms with van der Waals surface area (Å²) in [7, 11) is 1.62. The summed E-state index contributed by atoms with van der Waals surface area (Å²) in [4.78, 5) is 13.6. The number of anilines is 1. The molecule has 1 amide bonds. The molecule has 0 aliphatic carbocycles. The van der Waals surface area contributed by atoms with Crippen LogP contribution in [0.3, 0.4) is 0 Å². The maximum absolute atomic E-state index is 11.7. The molecule has 120 valence electrons. The number of benzene rings is 2. The van der Waals surface area contributed by atoms with Crippen molar-refractivity contribution < 1.29 is 14.3 Å². The average molecular weight is 332 g/mol. The van der Waals surface area contributed by atoms with Crippen LogP contribution >= 0.6 is 11.6 Å². The van der Waals surface area contributed by atoms with Crippen LogP contribution in [0.15, 0.2) is 42.5 Å². The summed E-state index contributed by atoms with van der Waals surface area (Å²) in [5, 5.41) is 0.646. The van der Waals surface area contributed by atoms with Crippen molar-refractivity contribution in [3.8, 4) is 11.5 Å². The van der Waals surface area contributed by atoms with Gasteiger partial charge in [0.05, 0.1) is 7.11 Å². The van der Waals surface area contributed by atoms with Crippen molar-refractivity contribution >= 4 is 23.2 Å². The van der Waals surface area contributed by atoms with Crippen LogP contribution < -0.4 is 14.4 Å². The Morgan fingerprint density at radius 1 is 1.17 bits per heavy atom. The highest BCUT2D eigenvalue weighted by molar-refractivity contribution is 6.30. The fraction of sp³-hybridized carbons (Fsp3) is 0.278. The van der Waals surface area contributed by atoms with E-state index < -0.39 is 0 Å². The Labute approximate surface area is 140 Å². The highest BCUT2D eigenvalue weighted by Crippen LogP contribution is 2.26. The molecule has 0 radical (unpaired) electrons. The van der Waals surface area contributed by atoms with Crippen LogP contribution in [0.5, 0.6) is 11.5 Å². The number of rotatable bonds is 5. The molecule has 1 fully saturated rings. The lowest BCUT2D eigenvalue weighted by atomic mass is 10.2. The van der Waals surface area contributed by atoms with Crippen LogP contribution in [0.1, 0.15) is 18.4 Å². The van der Waals surface area contributed by atoms with E-state index in [0.717, 1.165) is 35.7 Å². The second-order valence-electron chi connectivity index (χ2n) is 5.39. The van der Waals surface area contributed by atoms with Gasteiger partial charge in [-0.05, 0) is 48.9 Å². The van der Waals surface area contributed by atoms with Crippen LogP contribution in [0.2, 0.25) is 5.02 Å². The quantitative estimate of drug-likeness (QED) is 0.829. The largest absolute Gasteiger partial charge is 0.496 e. The number of hydrogen-bond donors (Lipinski definition) is 0. The van der Waals surface area contributed by atoms with E-state index in [1.807, 2.05) is 41.3 Å². The summed E-state index contributed by atoms with van der Waals surface area (Å²) >= 11 is 6.01. The third-order valence-corrected chi connectivity index (χ3v) is 4.09. The van der Waals surface area contributed by atoms with E-state index >= 15 is 0 Å². The van der Waals surface area contributed by atoms with Crippen LogP contribution in [0, 0.1) is 0 Å². The summed E-state index contributed by atoms with van der Waals surface area (Å²) in [5.74, 6) is 1.67. The molecule has 0 saturated carbocycles. The Bertz CT molecular complexity index is 700. The minimum atomic E-state index is 0.183. The maximum Gasteiger partial charge on any atom is 0.227 e. The molecule has 5 heteroatoms. The molecule has 0 N–H and O–H groups in total. The molecule has 0 atom stereocenters. The van der Waals surface area contributed by atoms with Gasteiger partial charge in [0.1, 0.15) is 18.1 Å². The molecule has 1 aliphatic rings. The minimum Gasteiger partial charge on any atom is -0.496 e. The number of hydrogen-bond acceptors (Lipinski definition) is 3. The second-order valence-corrected chi connectivity index (χ2v) is 5.82. The molecule has 0 unspecified atom stereocenters. The van der Waals surface area contributed by atoms with Gasteiger partial charge in [0.15, 0.2) is 0 Å². The number of nitrogens with zero attached hydrogens (tertiary/aromatic N) is 1.